The van der Waals surface area contributed by atoms with Crippen LogP contribution in [0.1, 0.15) is 5.56 Å². The number of H-pyrrole nitrogens is 1. The molecule has 0 bridgehead atoms. The molecule has 6 heteroatoms. The lowest BCUT2D eigenvalue weighted by atomic mass is 10.1. The molecule has 0 radical (unpaired) electrons. The van der Waals surface area contributed by atoms with Crippen molar-refractivity contribution in [3.63, 3.8) is 0 Å². The zero-order valence-corrected chi connectivity index (χ0v) is 12.9. The summed E-state index contributed by atoms with van der Waals surface area (Å²) < 4.78 is 18.1. The second-order valence-corrected chi connectivity index (χ2v) is 5.37. The number of ether oxygens (including phenoxy) is 1. The smallest absolute Gasteiger partial charge is 0.262 e. The average Bonchev–Trinajstić information content (AvgIpc) is 2.54. The van der Waals surface area contributed by atoms with Crippen molar-refractivity contribution in [1.82, 2.24) is 4.98 Å². The van der Waals surface area contributed by atoms with Crippen LogP contribution in [-0.4, -0.2) is 17.5 Å². The number of aromatic nitrogens is 1. The highest BCUT2D eigenvalue weighted by molar-refractivity contribution is 5.94. The topological polar surface area (TPSA) is 71.2 Å². The Morgan fingerprint density at radius 3 is 2.67 bits per heavy atom. The van der Waals surface area contributed by atoms with Crippen molar-refractivity contribution in [2.24, 2.45) is 0 Å². The average molecular weight is 326 g/mol. The minimum Gasteiger partial charge on any atom is -0.484 e. The van der Waals surface area contributed by atoms with Gasteiger partial charge in [-0.15, -0.1) is 0 Å². The van der Waals surface area contributed by atoms with Gasteiger partial charge in [0.05, 0.1) is 5.52 Å². The number of fused-ring (bicyclic) bond motifs is 1. The molecule has 122 valence electrons. The zero-order valence-electron chi connectivity index (χ0n) is 12.9. The molecule has 2 N–H and O–H groups in total. The number of hydrogen-bond donors (Lipinski definition) is 2. The van der Waals surface area contributed by atoms with Gasteiger partial charge >= 0.3 is 0 Å². The third-order valence-electron chi connectivity index (χ3n) is 3.52. The van der Waals surface area contributed by atoms with E-state index in [0.717, 1.165) is 10.9 Å². The Morgan fingerprint density at radius 2 is 1.92 bits per heavy atom. The normalized spacial score (nSPS) is 10.6. The second-order valence-electron chi connectivity index (χ2n) is 5.37. The molecular formula is C18H15FN2O3. The molecule has 1 heterocycles. The number of pyridine rings is 1. The molecule has 0 fully saturated rings. The lowest BCUT2D eigenvalue weighted by molar-refractivity contribution is -0.118. The van der Waals surface area contributed by atoms with E-state index in [4.69, 9.17) is 4.74 Å². The van der Waals surface area contributed by atoms with Crippen LogP contribution in [-0.2, 0) is 4.79 Å². The van der Waals surface area contributed by atoms with E-state index in [9.17, 15) is 14.0 Å². The summed E-state index contributed by atoms with van der Waals surface area (Å²) in [5.41, 5.74) is 1.88. The first-order chi connectivity index (χ1) is 11.5. The summed E-state index contributed by atoms with van der Waals surface area (Å²) in [6, 6.07) is 12.2. The van der Waals surface area contributed by atoms with Crippen molar-refractivity contribution < 1.29 is 13.9 Å². The fraction of sp³-hybridized carbons (Fsp3) is 0.111. The third-order valence-corrected chi connectivity index (χ3v) is 3.52. The summed E-state index contributed by atoms with van der Waals surface area (Å²) in [5.74, 6) is -0.314. The SMILES string of the molecule is Cc1cc(=O)[nH]c2cc(NC(=O)COc3ccc(F)cc3)ccc12. The molecule has 0 aliphatic heterocycles. The fourth-order valence-corrected chi connectivity index (χ4v) is 2.39. The Morgan fingerprint density at radius 1 is 1.17 bits per heavy atom. The van der Waals surface area contributed by atoms with Gasteiger partial charge in [0, 0.05) is 17.1 Å². The second kappa shape index (κ2) is 6.54. The highest BCUT2D eigenvalue weighted by atomic mass is 19.1. The van der Waals surface area contributed by atoms with Gasteiger partial charge in [0.2, 0.25) is 5.56 Å². The highest BCUT2D eigenvalue weighted by Gasteiger charge is 2.06. The molecule has 3 rings (SSSR count). The quantitative estimate of drug-likeness (QED) is 0.774. The van der Waals surface area contributed by atoms with Crippen LogP contribution in [0, 0.1) is 12.7 Å². The van der Waals surface area contributed by atoms with Crippen molar-refractivity contribution in [3.05, 3.63) is 70.3 Å². The number of benzene rings is 2. The number of carbonyl (C=O) groups is 1. The third kappa shape index (κ3) is 3.60. The molecule has 2 aromatic carbocycles. The first-order valence-corrected chi connectivity index (χ1v) is 7.33. The number of halogens is 1. The van der Waals surface area contributed by atoms with Gasteiger partial charge in [-0.05, 0) is 48.9 Å². The Labute approximate surface area is 137 Å². The van der Waals surface area contributed by atoms with Crippen LogP contribution in [0.2, 0.25) is 0 Å². The van der Waals surface area contributed by atoms with Crippen LogP contribution in [0.5, 0.6) is 5.75 Å². The van der Waals surface area contributed by atoms with Crippen LogP contribution in [0.15, 0.2) is 53.3 Å². The maximum Gasteiger partial charge on any atom is 0.262 e. The summed E-state index contributed by atoms with van der Waals surface area (Å²) in [5, 5.41) is 3.61. The lowest BCUT2D eigenvalue weighted by Gasteiger charge is -2.09. The lowest BCUT2D eigenvalue weighted by Crippen LogP contribution is -2.20. The number of carbonyl (C=O) groups excluding carboxylic acids is 1. The summed E-state index contributed by atoms with van der Waals surface area (Å²) >= 11 is 0. The van der Waals surface area contributed by atoms with E-state index in [0.29, 0.717) is 17.0 Å². The minimum atomic E-state index is -0.368. The van der Waals surface area contributed by atoms with E-state index in [2.05, 4.69) is 10.3 Å². The molecule has 0 aliphatic rings. The molecule has 0 saturated carbocycles. The van der Waals surface area contributed by atoms with Crippen LogP contribution in [0.3, 0.4) is 0 Å². The molecule has 1 aromatic heterocycles. The van der Waals surface area contributed by atoms with Crippen LogP contribution >= 0.6 is 0 Å². The molecule has 0 spiro atoms. The van der Waals surface area contributed by atoms with Crippen LogP contribution in [0.4, 0.5) is 10.1 Å². The maximum atomic E-state index is 12.8. The summed E-state index contributed by atoms with van der Waals surface area (Å²) in [6.45, 7) is 1.65. The number of rotatable bonds is 4. The van der Waals surface area contributed by atoms with E-state index in [1.54, 1.807) is 12.1 Å². The molecule has 3 aromatic rings. The van der Waals surface area contributed by atoms with E-state index in [-0.39, 0.29) is 23.9 Å². The predicted octanol–water partition coefficient (Wildman–Crippen LogP) is 2.99. The van der Waals surface area contributed by atoms with E-state index in [1.807, 2.05) is 13.0 Å². The molecule has 0 atom stereocenters. The summed E-state index contributed by atoms with van der Waals surface area (Å²) in [4.78, 5) is 26.2. The molecule has 1 amide bonds. The first-order valence-electron chi connectivity index (χ1n) is 7.33. The van der Waals surface area contributed by atoms with Gasteiger partial charge in [0.1, 0.15) is 11.6 Å². The van der Waals surface area contributed by atoms with Gasteiger partial charge in [-0.1, -0.05) is 6.07 Å². The fourth-order valence-electron chi connectivity index (χ4n) is 2.39. The Kier molecular flexibility index (Phi) is 4.29. The number of hydrogen-bond acceptors (Lipinski definition) is 3. The molecule has 5 nitrogen and oxygen atoms in total. The summed E-state index contributed by atoms with van der Waals surface area (Å²) in [7, 11) is 0. The van der Waals surface area contributed by atoms with Crippen molar-refractivity contribution in [3.8, 4) is 5.75 Å². The first kappa shape index (κ1) is 15.7. The van der Waals surface area contributed by atoms with E-state index < -0.39 is 0 Å². The Balaban J connectivity index is 1.69. The van der Waals surface area contributed by atoms with Gasteiger partial charge in [0.25, 0.3) is 5.91 Å². The number of amides is 1. The summed E-state index contributed by atoms with van der Waals surface area (Å²) in [6.07, 6.45) is 0. The molecule has 0 saturated heterocycles. The van der Waals surface area contributed by atoms with Crippen molar-refractivity contribution in [1.29, 1.82) is 0 Å². The van der Waals surface area contributed by atoms with Gasteiger partial charge in [0.15, 0.2) is 6.61 Å². The van der Waals surface area contributed by atoms with Crippen LogP contribution in [0.25, 0.3) is 10.9 Å². The van der Waals surface area contributed by atoms with Crippen molar-refractivity contribution in [2.75, 3.05) is 11.9 Å². The van der Waals surface area contributed by atoms with Crippen molar-refractivity contribution >= 4 is 22.5 Å². The maximum absolute atomic E-state index is 12.8. The largest absolute Gasteiger partial charge is 0.484 e. The van der Waals surface area contributed by atoms with Crippen molar-refractivity contribution in [2.45, 2.75) is 6.92 Å². The molecule has 0 aliphatic carbocycles. The predicted molar refractivity (Wildman–Crippen MR) is 89.8 cm³/mol. The monoisotopic (exact) mass is 326 g/mol. The Bertz CT molecular complexity index is 949. The van der Waals surface area contributed by atoms with Gasteiger partial charge < -0.3 is 15.0 Å². The van der Waals surface area contributed by atoms with Gasteiger partial charge in [-0.3, -0.25) is 9.59 Å². The molecular weight excluding hydrogens is 311 g/mol. The molecule has 24 heavy (non-hydrogen) atoms. The number of aryl methyl sites for hydroxylation is 1. The minimum absolute atomic E-state index is 0.192. The molecule has 0 unspecified atom stereocenters. The van der Waals surface area contributed by atoms with E-state index >= 15 is 0 Å². The van der Waals surface area contributed by atoms with Crippen LogP contribution < -0.4 is 15.6 Å². The number of nitrogens with one attached hydrogen (secondary N) is 2. The van der Waals surface area contributed by atoms with Gasteiger partial charge in [-0.2, -0.15) is 0 Å². The number of anilines is 1. The standard InChI is InChI=1S/C18H15FN2O3/c1-11-8-17(22)21-16-9-13(4-7-15(11)16)20-18(23)10-24-14-5-2-12(19)3-6-14/h2-9H,10H2,1H3,(H,20,23)(H,21,22). The number of aromatic amines is 1. The Hall–Kier alpha value is -3.15. The highest BCUT2D eigenvalue weighted by Crippen LogP contribution is 2.19. The van der Waals surface area contributed by atoms with Gasteiger partial charge in [-0.25, -0.2) is 4.39 Å². The zero-order chi connectivity index (χ0) is 17.1. The van der Waals surface area contributed by atoms with E-state index in [1.165, 1.54) is 30.3 Å².